The SMILES string of the molecule is COc1ccc(NC(=O)C2CCN(C(=O)c3cc(OC)c(OC)c(OC)c3)CC2)cc1OC. The highest BCUT2D eigenvalue weighted by atomic mass is 16.5. The number of likely N-dealkylation sites (tertiary alicyclic amines) is 1. The number of carbonyl (C=O) groups excluding carboxylic acids is 2. The van der Waals surface area contributed by atoms with Gasteiger partial charge >= 0.3 is 0 Å². The van der Waals surface area contributed by atoms with Crippen molar-refractivity contribution in [1.82, 2.24) is 4.90 Å². The molecule has 1 aliphatic heterocycles. The summed E-state index contributed by atoms with van der Waals surface area (Å²) in [5.74, 6) is 1.99. The van der Waals surface area contributed by atoms with Gasteiger partial charge in [0.25, 0.3) is 5.91 Å². The van der Waals surface area contributed by atoms with E-state index in [9.17, 15) is 9.59 Å². The van der Waals surface area contributed by atoms with E-state index >= 15 is 0 Å². The summed E-state index contributed by atoms with van der Waals surface area (Å²) in [5.41, 5.74) is 1.08. The molecule has 9 heteroatoms. The molecule has 1 N–H and O–H groups in total. The smallest absolute Gasteiger partial charge is 0.254 e. The van der Waals surface area contributed by atoms with Crippen molar-refractivity contribution in [3.05, 3.63) is 35.9 Å². The van der Waals surface area contributed by atoms with Crippen LogP contribution in [0.15, 0.2) is 30.3 Å². The molecule has 0 spiro atoms. The van der Waals surface area contributed by atoms with E-state index in [4.69, 9.17) is 23.7 Å². The van der Waals surface area contributed by atoms with Gasteiger partial charge in [-0.15, -0.1) is 0 Å². The number of amides is 2. The second-order valence-electron chi connectivity index (χ2n) is 7.54. The van der Waals surface area contributed by atoms with Crippen LogP contribution in [0.5, 0.6) is 28.7 Å². The summed E-state index contributed by atoms with van der Waals surface area (Å²) in [4.78, 5) is 27.6. The number of anilines is 1. The summed E-state index contributed by atoms with van der Waals surface area (Å²) in [5, 5.41) is 2.93. The minimum atomic E-state index is -0.193. The number of nitrogens with one attached hydrogen (secondary N) is 1. The zero-order chi connectivity index (χ0) is 24.0. The Morgan fingerprint density at radius 1 is 0.788 bits per heavy atom. The maximum atomic E-state index is 13.1. The third-order valence-electron chi connectivity index (χ3n) is 5.72. The summed E-state index contributed by atoms with van der Waals surface area (Å²) in [6.07, 6.45) is 1.13. The molecule has 0 aromatic heterocycles. The minimum absolute atomic E-state index is 0.0814. The molecule has 3 rings (SSSR count). The van der Waals surface area contributed by atoms with E-state index < -0.39 is 0 Å². The Balaban J connectivity index is 1.64. The molecule has 0 unspecified atom stereocenters. The van der Waals surface area contributed by atoms with Gasteiger partial charge in [-0.3, -0.25) is 9.59 Å². The molecule has 0 atom stereocenters. The van der Waals surface area contributed by atoms with Crippen LogP contribution in [0.1, 0.15) is 23.2 Å². The lowest BCUT2D eigenvalue weighted by atomic mass is 9.95. The summed E-state index contributed by atoms with van der Waals surface area (Å²) >= 11 is 0. The lowest BCUT2D eigenvalue weighted by molar-refractivity contribution is -0.121. The third-order valence-corrected chi connectivity index (χ3v) is 5.72. The Bertz CT molecular complexity index is 975. The van der Waals surface area contributed by atoms with Gasteiger partial charge in [-0.25, -0.2) is 0 Å². The molecule has 0 aliphatic carbocycles. The molecule has 0 radical (unpaired) electrons. The van der Waals surface area contributed by atoms with Crippen molar-refractivity contribution in [3.8, 4) is 28.7 Å². The lowest BCUT2D eigenvalue weighted by Gasteiger charge is -2.31. The van der Waals surface area contributed by atoms with Gasteiger partial charge in [0.1, 0.15) is 0 Å². The van der Waals surface area contributed by atoms with Crippen LogP contribution in [0.2, 0.25) is 0 Å². The number of methoxy groups -OCH3 is 5. The number of benzene rings is 2. The number of nitrogens with zero attached hydrogens (tertiary/aromatic N) is 1. The number of rotatable bonds is 8. The van der Waals surface area contributed by atoms with Crippen LogP contribution in [0, 0.1) is 5.92 Å². The first kappa shape index (κ1) is 24.0. The molecular weight excluding hydrogens is 428 g/mol. The molecule has 1 heterocycles. The van der Waals surface area contributed by atoms with Crippen LogP contribution >= 0.6 is 0 Å². The Morgan fingerprint density at radius 2 is 1.36 bits per heavy atom. The second kappa shape index (κ2) is 10.8. The highest BCUT2D eigenvalue weighted by Crippen LogP contribution is 2.38. The van der Waals surface area contributed by atoms with Crippen LogP contribution in [-0.4, -0.2) is 65.4 Å². The molecule has 9 nitrogen and oxygen atoms in total. The van der Waals surface area contributed by atoms with Gasteiger partial charge in [0.2, 0.25) is 11.7 Å². The molecule has 1 fully saturated rings. The summed E-state index contributed by atoms with van der Waals surface area (Å²) in [6.45, 7) is 0.943. The fraction of sp³-hybridized carbons (Fsp3) is 0.417. The van der Waals surface area contributed by atoms with Gasteiger partial charge in [-0.05, 0) is 37.1 Å². The fourth-order valence-corrected chi connectivity index (χ4v) is 3.89. The van der Waals surface area contributed by atoms with Crippen LogP contribution in [0.4, 0.5) is 5.69 Å². The topological polar surface area (TPSA) is 95.6 Å². The van der Waals surface area contributed by atoms with Gasteiger partial charge in [0.05, 0.1) is 35.5 Å². The van der Waals surface area contributed by atoms with E-state index in [-0.39, 0.29) is 17.7 Å². The molecule has 0 saturated carbocycles. The van der Waals surface area contributed by atoms with E-state index in [1.807, 2.05) is 0 Å². The molecule has 2 amide bonds. The largest absolute Gasteiger partial charge is 0.493 e. The van der Waals surface area contributed by atoms with Gasteiger partial charge in [0.15, 0.2) is 23.0 Å². The molecule has 1 aliphatic rings. The van der Waals surface area contributed by atoms with Crippen LogP contribution in [0.25, 0.3) is 0 Å². The van der Waals surface area contributed by atoms with Crippen LogP contribution < -0.4 is 29.0 Å². The molecule has 2 aromatic rings. The van der Waals surface area contributed by atoms with Crippen LogP contribution in [-0.2, 0) is 4.79 Å². The van der Waals surface area contributed by atoms with Crippen molar-refractivity contribution >= 4 is 17.5 Å². The Hall–Kier alpha value is -3.62. The summed E-state index contributed by atoms with van der Waals surface area (Å²) in [7, 11) is 7.63. The third kappa shape index (κ3) is 5.24. The van der Waals surface area contributed by atoms with Crippen molar-refractivity contribution in [3.63, 3.8) is 0 Å². The quantitative estimate of drug-likeness (QED) is 0.649. The molecule has 2 aromatic carbocycles. The predicted octanol–water partition coefficient (Wildman–Crippen LogP) is 3.22. The summed E-state index contributed by atoms with van der Waals surface area (Å²) in [6, 6.07) is 8.51. The normalized spacial score (nSPS) is 13.8. The minimum Gasteiger partial charge on any atom is -0.493 e. The van der Waals surface area contributed by atoms with E-state index in [0.29, 0.717) is 65.9 Å². The van der Waals surface area contributed by atoms with Crippen molar-refractivity contribution in [1.29, 1.82) is 0 Å². The highest BCUT2D eigenvalue weighted by Gasteiger charge is 2.29. The van der Waals surface area contributed by atoms with Crippen LogP contribution in [0.3, 0.4) is 0 Å². The van der Waals surface area contributed by atoms with Gasteiger partial charge in [-0.1, -0.05) is 0 Å². The van der Waals surface area contributed by atoms with E-state index in [1.54, 1.807) is 49.5 Å². The average Bonchev–Trinajstić information content (AvgIpc) is 2.87. The Morgan fingerprint density at radius 3 is 1.88 bits per heavy atom. The Kier molecular flexibility index (Phi) is 7.87. The molecule has 33 heavy (non-hydrogen) atoms. The molecule has 178 valence electrons. The van der Waals surface area contributed by atoms with Crippen molar-refractivity contribution < 1.29 is 33.3 Å². The number of piperidine rings is 1. The highest BCUT2D eigenvalue weighted by molar-refractivity contribution is 5.96. The van der Waals surface area contributed by atoms with Gasteiger partial charge in [0, 0.05) is 36.3 Å². The van der Waals surface area contributed by atoms with Gasteiger partial charge < -0.3 is 33.9 Å². The first-order valence-electron chi connectivity index (χ1n) is 10.6. The van der Waals surface area contributed by atoms with E-state index in [2.05, 4.69) is 5.32 Å². The number of carbonyl (C=O) groups is 2. The van der Waals surface area contributed by atoms with Crippen molar-refractivity contribution in [2.45, 2.75) is 12.8 Å². The maximum Gasteiger partial charge on any atom is 0.254 e. The number of hydrogen-bond acceptors (Lipinski definition) is 7. The first-order chi connectivity index (χ1) is 15.9. The number of hydrogen-bond donors (Lipinski definition) is 1. The van der Waals surface area contributed by atoms with Crippen molar-refractivity contribution in [2.24, 2.45) is 5.92 Å². The van der Waals surface area contributed by atoms with Crippen molar-refractivity contribution in [2.75, 3.05) is 54.0 Å². The van der Waals surface area contributed by atoms with E-state index in [1.165, 1.54) is 21.3 Å². The van der Waals surface area contributed by atoms with E-state index in [0.717, 1.165) is 0 Å². The molecular formula is C24H30N2O7. The zero-order valence-electron chi connectivity index (χ0n) is 19.6. The first-order valence-corrected chi connectivity index (χ1v) is 10.6. The second-order valence-corrected chi connectivity index (χ2v) is 7.54. The average molecular weight is 459 g/mol. The lowest BCUT2D eigenvalue weighted by Crippen LogP contribution is -2.41. The standard InChI is InChI=1S/C24H30N2O7/c1-29-18-7-6-17(14-19(18)30-2)25-23(27)15-8-10-26(11-9-15)24(28)16-12-20(31-3)22(33-5)21(13-16)32-4/h6-7,12-15H,8-11H2,1-5H3,(H,25,27). The summed E-state index contributed by atoms with van der Waals surface area (Å²) < 4.78 is 26.5. The fourth-order valence-electron chi connectivity index (χ4n) is 3.89. The molecule has 0 bridgehead atoms. The Labute approximate surface area is 193 Å². The predicted molar refractivity (Wildman–Crippen MR) is 123 cm³/mol. The number of ether oxygens (including phenoxy) is 5. The monoisotopic (exact) mass is 458 g/mol. The molecule has 1 saturated heterocycles. The maximum absolute atomic E-state index is 13.1. The zero-order valence-corrected chi connectivity index (χ0v) is 19.6. The van der Waals surface area contributed by atoms with Gasteiger partial charge in [-0.2, -0.15) is 0 Å².